The van der Waals surface area contributed by atoms with Crippen LogP contribution in [0.3, 0.4) is 0 Å². The fourth-order valence-electron chi connectivity index (χ4n) is 4.23. The summed E-state index contributed by atoms with van der Waals surface area (Å²) in [4.78, 5) is 25.9. The fourth-order valence-corrected chi connectivity index (χ4v) is 4.23. The van der Waals surface area contributed by atoms with E-state index in [0.29, 0.717) is 17.9 Å². The highest BCUT2D eigenvalue weighted by Crippen LogP contribution is 2.48. The van der Waals surface area contributed by atoms with E-state index < -0.39 is 11.4 Å². The van der Waals surface area contributed by atoms with Crippen LogP contribution in [-0.4, -0.2) is 18.9 Å². The molecule has 0 amide bonds. The van der Waals surface area contributed by atoms with Crippen LogP contribution in [0.2, 0.25) is 0 Å². The maximum absolute atomic E-state index is 13.2. The zero-order valence-electron chi connectivity index (χ0n) is 15.0. The number of carbonyl (C=O) groups is 2. The summed E-state index contributed by atoms with van der Waals surface area (Å²) < 4.78 is 5.09. The number of ketones is 1. The van der Waals surface area contributed by atoms with Gasteiger partial charge in [0.1, 0.15) is 0 Å². The second kappa shape index (κ2) is 5.87. The van der Waals surface area contributed by atoms with Gasteiger partial charge in [-0.25, -0.2) is 0 Å². The van der Waals surface area contributed by atoms with Gasteiger partial charge in [-0.15, -0.1) is 0 Å². The van der Waals surface area contributed by atoms with Crippen LogP contribution in [0, 0.1) is 16.7 Å². The standard InChI is InChI=1S/C21H26O3/c1-20(2,3)15-9-11-16(12-10-15)21(19(23)24-4)13-14-7-5-6-8-17(14)18(21)22/h5-8,11,15H,9-10,12-13H2,1-4H3. The zero-order chi connectivity index (χ0) is 17.5. The molecule has 0 fully saturated rings. The Labute approximate surface area is 144 Å². The monoisotopic (exact) mass is 326 g/mol. The van der Waals surface area contributed by atoms with E-state index in [1.807, 2.05) is 24.3 Å². The van der Waals surface area contributed by atoms with E-state index in [4.69, 9.17) is 4.74 Å². The van der Waals surface area contributed by atoms with Crippen LogP contribution in [0.1, 0.15) is 56.0 Å². The molecule has 2 atom stereocenters. The topological polar surface area (TPSA) is 43.4 Å². The largest absolute Gasteiger partial charge is 0.468 e. The van der Waals surface area contributed by atoms with Gasteiger partial charge in [0, 0.05) is 12.0 Å². The Kier molecular flexibility index (Phi) is 4.15. The predicted octanol–water partition coefficient (Wildman–Crippen LogP) is 4.36. The highest BCUT2D eigenvalue weighted by Gasteiger charge is 2.55. The third-order valence-corrected chi connectivity index (χ3v) is 5.82. The highest BCUT2D eigenvalue weighted by molar-refractivity contribution is 6.18. The molecule has 1 aromatic rings. The van der Waals surface area contributed by atoms with Crippen molar-refractivity contribution in [2.24, 2.45) is 16.7 Å². The summed E-state index contributed by atoms with van der Waals surface area (Å²) >= 11 is 0. The molecule has 0 aliphatic heterocycles. The Bertz CT molecular complexity index is 708. The van der Waals surface area contributed by atoms with Crippen LogP contribution in [0.5, 0.6) is 0 Å². The van der Waals surface area contributed by atoms with Gasteiger partial charge in [-0.2, -0.15) is 0 Å². The van der Waals surface area contributed by atoms with Gasteiger partial charge in [-0.05, 0) is 41.7 Å². The number of allylic oxidation sites excluding steroid dienone is 1. The van der Waals surface area contributed by atoms with E-state index in [1.165, 1.54) is 7.11 Å². The molecule has 0 spiro atoms. The second-order valence-electron chi connectivity index (χ2n) is 8.13. The lowest BCUT2D eigenvalue weighted by molar-refractivity contribution is -0.147. The van der Waals surface area contributed by atoms with Crippen molar-refractivity contribution in [1.29, 1.82) is 0 Å². The first kappa shape index (κ1) is 16.9. The lowest BCUT2D eigenvalue weighted by atomic mass is 9.67. The van der Waals surface area contributed by atoms with Crippen molar-refractivity contribution in [3.05, 3.63) is 47.0 Å². The van der Waals surface area contributed by atoms with Crippen molar-refractivity contribution in [2.75, 3.05) is 7.11 Å². The lowest BCUT2D eigenvalue weighted by Gasteiger charge is -2.37. The molecular weight excluding hydrogens is 300 g/mol. The van der Waals surface area contributed by atoms with Crippen molar-refractivity contribution in [1.82, 2.24) is 0 Å². The molecule has 3 heteroatoms. The van der Waals surface area contributed by atoms with Crippen molar-refractivity contribution < 1.29 is 14.3 Å². The van der Waals surface area contributed by atoms with Gasteiger partial charge in [0.2, 0.25) is 0 Å². The molecule has 0 saturated heterocycles. The van der Waals surface area contributed by atoms with Gasteiger partial charge in [0.05, 0.1) is 7.11 Å². The van der Waals surface area contributed by atoms with Crippen LogP contribution in [-0.2, 0) is 16.0 Å². The first-order valence-corrected chi connectivity index (χ1v) is 8.71. The van der Waals surface area contributed by atoms with E-state index in [1.54, 1.807) is 0 Å². The highest BCUT2D eigenvalue weighted by atomic mass is 16.5. The smallest absolute Gasteiger partial charge is 0.324 e. The molecule has 128 valence electrons. The maximum Gasteiger partial charge on any atom is 0.324 e. The van der Waals surface area contributed by atoms with Gasteiger partial charge in [-0.3, -0.25) is 9.59 Å². The number of esters is 1. The Morgan fingerprint density at radius 1 is 1.25 bits per heavy atom. The average molecular weight is 326 g/mol. The number of carbonyl (C=O) groups excluding carboxylic acids is 2. The molecule has 3 rings (SSSR count). The quantitative estimate of drug-likeness (QED) is 0.461. The minimum absolute atomic E-state index is 0.0922. The van der Waals surface area contributed by atoms with E-state index in [0.717, 1.165) is 30.4 Å². The molecule has 3 nitrogen and oxygen atoms in total. The number of methoxy groups -OCH3 is 1. The van der Waals surface area contributed by atoms with Crippen LogP contribution in [0.4, 0.5) is 0 Å². The zero-order valence-corrected chi connectivity index (χ0v) is 15.0. The molecule has 0 bridgehead atoms. The van der Waals surface area contributed by atoms with E-state index in [2.05, 4.69) is 26.8 Å². The van der Waals surface area contributed by atoms with Gasteiger partial charge in [0.25, 0.3) is 0 Å². The van der Waals surface area contributed by atoms with E-state index >= 15 is 0 Å². The molecule has 0 radical (unpaired) electrons. The molecule has 0 N–H and O–H groups in total. The van der Waals surface area contributed by atoms with Crippen molar-refractivity contribution in [3.8, 4) is 0 Å². The van der Waals surface area contributed by atoms with Crippen molar-refractivity contribution >= 4 is 11.8 Å². The lowest BCUT2D eigenvalue weighted by Crippen LogP contribution is -2.41. The third kappa shape index (κ3) is 2.51. The van der Waals surface area contributed by atoms with Crippen LogP contribution in [0.15, 0.2) is 35.9 Å². The molecular formula is C21H26O3. The first-order chi connectivity index (χ1) is 11.3. The number of benzene rings is 1. The molecule has 0 aromatic heterocycles. The normalized spacial score (nSPS) is 26.8. The second-order valence-corrected chi connectivity index (χ2v) is 8.13. The van der Waals surface area contributed by atoms with Gasteiger partial charge < -0.3 is 4.74 Å². The third-order valence-electron chi connectivity index (χ3n) is 5.82. The summed E-state index contributed by atoms with van der Waals surface area (Å²) in [5.41, 5.74) is 1.68. The van der Waals surface area contributed by atoms with Crippen LogP contribution >= 0.6 is 0 Å². The number of fused-ring (bicyclic) bond motifs is 1. The van der Waals surface area contributed by atoms with E-state index in [9.17, 15) is 9.59 Å². The Morgan fingerprint density at radius 2 is 1.96 bits per heavy atom. The summed E-state index contributed by atoms with van der Waals surface area (Å²) in [6.45, 7) is 6.76. The van der Waals surface area contributed by atoms with Gasteiger partial charge in [0.15, 0.2) is 11.2 Å². The summed E-state index contributed by atoms with van der Waals surface area (Å²) in [6, 6.07) is 7.54. The van der Waals surface area contributed by atoms with Crippen LogP contribution < -0.4 is 0 Å². The number of ether oxygens (including phenoxy) is 1. The molecule has 2 aliphatic carbocycles. The Balaban J connectivity index is 2.00. The van der Waals surface area contributed by atoms with Crippen LogP contribution in [0.25, 0.3) is 0 Å². The van der Waals surface area contributed by atoms with Crippen molar-refractivity contribution in [3.63, 3.8) is 0 Å². The SMILES string of the molecule is COC(=O)C1(C2=CCC(C(C)(C)C)CC2)Cc2ccccc2C1=O. The molecule has 24 heavy (non-hydrogen) atoms. The van der Waals surface area contributed by atoms with Crippen molar-refractivity contribution in [2.45, 2.75) is 46.5 Å². The Morgan fingerprint density at radius 3 is 2.50 bits per heavy atom. The molecule has 0 heterocycles. The summed E-state index contributed by atoms with van der Waals surface area (Å²) in [7, 11) is 1.38. The number of rotatable bonds is 2. The summed E-state index contributed by atoms with van der Waals surface area (Å²) in [6.07, 6.45) is 5.29. The van der Waals surface area contributed by atoms with Gasteiger partial charge in [-0.1, -0.05) is 51.1 Å². The first-order valence-electron chi connectivity index (χ1n) is 8.71. The summed E-state index contributed by atoms with van der Waals surface area (Å²) in [5.74, 6) is 0.0735. The minimum Gasteiger partial charge on any atom is -0.468 e. The molecule has 2 unspecified atom stereocenters. The Hall–Kier alpha value is -1.90. The average Bonchev–Trinajstić information content (AvgIpc) is 2.88. The molecule has 0 saturated carbocycles. The summed E-state index contributed by atoms with van der Waals surface area (Å²) in [5, 5.41) is 0. The molecule has 1 aromatic carbocycles. The fraction of sp³-hybridized carbons (Fsp3) is 0.524. The number of hydrogen-bond donors (Lipinski definition) is 0. The molecule has 2 aliphatic rings. The van der Waals surface area contributed by atoms with Gasteiger partial charge >= 0.3 is 5.97 Å². The number of hydrogen-bond acceptors (Lipinski definition) is 3. The van der Waals surface area contributed by atoms with E-state index in [-0.39, 0.29) is 11.2 Å². The minimum atomic E-state index is -1.14. The number of Topliss-reactive ketones (excluding diaryl/α,β-unsaturated/α-hetero) is 1. The predicted molar refractivity (Wildman–Crippen MR) is 93.8 cm³/mol. The maximum atomic E-state index is 13.2.